The zero-order valence-corrected chi connectivity index (χ0v) is 11.4. The van der Waals surface area contributed by atoms with Gasteiger partial charge in [0.15, 0.2) is 5.84 Å². The summed E-state index contributed by atoms with van der Waals surface area (Å²) in [6, 6.07) is 7.18. The highest BCUT2D eigenvalue weighted by Gasteiger charge is 2.02. The zero-order valence-electron chi connectivity index (χ0n) is 10.7. The normalized spacial score (nSPS) is 11.8. The van der Waals surface area contributed by atoms with Crippen molar-refractivity contribution in [2.75, 3.05) is 7.11 Å². The Morgan fingerprint density at radius 1 is 1.30 bits per heavy atom. The molecule has 1 heterocycles. The van der Waals surface area contributed by atoms with Crippen LogP contribution in [0.25, 0.3) is 0 Å². The van der Waals surface area contributed by atoms with Gasteiger partial charge in [-0.2, -0.15) is 5.10 Å². The molecule has 0 amide bonds. The molecular formula is C13H12ClN5O. The van der Waals surface area contributed by atoms with Gasteiger partial charge in [-0.1, -0.05) is 23.7 Å². The summed E-state index contributed by atoms with van der Waals surface area (Å²) >= 11 is 5.79. The molecule has 0 bridgehead atoms. The summed E-state index contributed by atoms with van der Waals surface area (Å²) in [7, 11) is 1.50. The van der Waals surface area contributed by atoms with Crippen molar-refractivity contribution in [2.24, 2.45) is 15.9 Å². The van der Waals surface area contributed by atoms with Gasteiger partial charge < -0.3 is 10.5 Å². The molecule has 0 atom stereocenters. The van der Waals surface area contributed by atoms with Crippen LogP contribution in [0.3, 0.4) is 0 Å². The van der Waals surface area contributed by atoms with Gasteiger partial charge in [0.05, 0.1) is 25.7 Å². The molecule has 102 valence electrons. The Morgan fingerprint density at radius 2 is 2.05 bits per heavy atom. The van der Waals surface area contributed by atoms with Gasteiger partial charge in [-0.05, 0) is 17.7 Å². The van der Waals surface area contributed by atoms with Crippen LogP contribution in [0.15, 0.2) is 46.9 Å². The molecule has 2 aromatic rings. The van der Waals surface area contributed by atoms with E-state index in [0.29, 0.717) is 16.6 Å². The van der Waals surface area contributed by atoms with Gasteiger partial charge in [0, 0.05) is 5.02 Å². The molecule has 1 aromatic carbocycles. The van der Waals surface area contributed by atoms with Crippen molar-refractivity contribution >= 4 is 23.7 Å². The Balaban J connectivity index is 2.11. The SMILES string of the molecule is COc1cncc(C(N)=NN=Cc2ccc(Cl)cc2)n1. The Kier molecular flexibility index (Phi) is 4.62. The summed E-state index contributed by atoms with van der Waals surface area (Å²) in [5.74, 6) is 0.518. The molecule has 7 heteroatoms. The number of amidine groups is 1. The zero-order chi connectivity index (χ0) is 14.4. The third-order valence-electron chi connectivity index (χ3n) is 2.33. The van der Waals surface area contributed by atoms with E-state index < -0.39 is 0 Å². The van der Waals surface area contributed by atoms with Crippen molar-refractivity contribution in [2.45, 2.75) is 0 Å². The van der Waals surface area contributed by atoms with Gasteiger partial charge in [-0.15, -0.1) is 5.10 Å². The number of halogens is 1. The molecule has 6 nitrogen and oxygen atoms in total. The molecule has 0 aliphatic heterocycles. The highest BCUT2D eigenvalue weighted by Crippen LogP contribution is 2.08. The third-order valence-corrected chi connectivity index (χ3v) is 2.58. The average molecular weight is 290 g/mol. The predicted molar refractivity (Wildman–Crippen MR) is 78.4 cm³/mol. The van der Waals surface area contributed by atoms with Crippen LogP contribution in [0.4, 0.5) is 0 Å². The Morgan fingerprint density at radius 3 is 2.75 bits per heavy atom. The van der Waals surface area contributed by atoms with E-state index in [1.165, 1.54) is 19.5 Å². The summed E-state index contributed by atoms with van der Waals surface area (Å²) in [6.07, 6.45) is 4.53. The van der Waals surface area contributed by atoms with Crippen LogP contribution in [0.5, 0.6) is 5.88 Å². The number of ether oxygens (including phenoxy) is 1. The van der Waals surface area contributed by atoms with Crippen LogP contribution in [0.1, 0.15) is 11.3 Å². The lowest BCUT2D eigenvalue weighted by Crippen LogP contribution is -2.15. The highest BCUT2D eigenvalue weighted by atomic mass is 35.5. The molecule has 0 saturated heterocycles. The average Bonchev–Trinajstić information content (AvgIpc) is 2.49. The molecule has 0 radical (unpaired) electrons. The standard InChI is InChI=1S/C13H12ClN5O/c1-20-12-8-16-7-11(18-12)13(15)19-17-6-9-2-4-10(14)5-3-9/h2-8H,1H3,(H2,15,19). The molecule has 0 spiro atoms. The number of methoxy groups -OCH3 is 1. The summed E-state index contributed by atoms with van der Waals surface area (Å²) < 4.78 is 4.95. The van der Waals surface area contributed by atoms with E-state index >= 15 is 0 Å². The number of nitrogens with two attached hydrogens (primary N) is 1. The molecule has 1 aromatic heterocycles. The summed E-state index contributed by atoms with van der Waals surface area (Å²) in [5, 5.41) is 8.41. The van der Waals surface area contributed by atoms with Gasteiger partial charge in [0.25, 0.3) is 0 Å². The van der Waals surface area contributed by atoms with Crippen LogP contribution in [-0.2, 0) is 0 Å². The van der Waals surface area contributed by atoms with E-state index in [0.717, 1.165) is 5.56 Å². The van der Waals surface area contributed by atoms with E-state index in [4.69, 9.17) is 22.1 Å². The van der Waals surface area contributed by atoms with E-state index in [1.54, 1.807) is 18.3 Å². The summed E-state index contributed by atoms with van der Waals surface area (Å²) in [5.41, 5.74) is 7.03. The van der Waals surface area contributed by atoms with E-state index in [-0.39, 0.29) is 5.84 Å². The predicted octanol–water partition coefficient (Wildman–Crippen LogP) is 1.88. The fourth-order valence-electron chi connectivity index (χ4n) is 1.33. The monoisotopic (exact) mass is 289 g/mol. The minimum absolute atomic E-state index is 0.154. The van der Waals surface area contributed by atoms with Crippen molar-refractivity contribution in [3.8, 4) is 5.88 Å². The van der Waals surface area contributed by atoms with Crippen LogP contribution in [0, 0.1) is 0 Å². The third kappa shape index (κ3) is 3.76. The van der Waals surface area contributed by atoms with Gasteiger partial charge >= 0.3 is 0 Å². The number of hydrogen-bond donors (Lipinski definition) is 1. The molecule has 20 heavy (non-hydrogen) atoms. The first kappa shape index (κ1) is 14.0. The molecule has 0 unspecified atom stereocenters. The molecule has 0 aliphatic carbocycles. The molecule has 0 fully saturated rings. The maximum Gasteiger partial charge on any atom is 0.232 e. The number of aromatic nitrogens is 2. The fraction of sp³-hybridized carbons (Fsp3) is 0.0769. The summed E-state index contributed by atoms with van der Waals surface area (Å²) in [4.78, 5) is 8.03. The van der Waals surface area contributed by atoms with Gasteiger partial charge in [-0.3, -0.25) is 4.98 Å². The number of rotatable bonds is 4. The lowest BCUT2D eigenvalue weighted by atomic mass is 10.2. The van der Waals surface area contributed by atoms with Crippen LogP contribution in [0.2, 0.25) is 5.02 Å². The molecule has 0 aliphatic rings. The lowest BCUT2D eigenvalue weighted by molar-refractivity contribution is 0.395. The van der Waals surface area contributed by atoms with Crippen LogP contribution < -0.4 is 10.5 Å². The second-order valence-electron chi connectivity index (χ2n) is 3.73. The number of benzene rings is 1. The Bertz CT molecular complexity index is 639. The molecular weight excluding hydrogens is 278 g/mol. The Labute approximate surface area is 121 Å². The van der Waals surface area contributed by atoms with E-state index in [9.17, 15) is 0 Å². The fourth-order valence-corrected chi connectivity index (χ4v) is 1.45. The maximum atomic E-state index is 5.79. The first-order valence-corrected chi connectivity index (χ1v) is 6.05. The summed E-state index contributed by atoms with van der Waals surface area (Å²) in [6.45, 7) is 0. The van der Waals surface area contributed by atoms with Crippen molar-refractivity contribution in [3.63, 3.8) is 0 Å². The highest BCUT2D eigenvalue weighted by molar-refractivity contribution is 6.30. The molecule has 2 N–H and O–H groups in total. The van der Waals surface area contributed by atoms with Gasteiger partial charge in [0.2, 0.25) is 5.88 Å². The first-order valence-electron chi connectivity index (χ1n) is 5.67. The van der Waals surface area contributed by atoms with Gasteiger partial charge in [0.1, 0.15) is 5.69 Å². The second-order valence-corrected chi connectivity index (χ2v) is 4.16. The van der Waals surface area contributed by atoms with Crippen LogP contribution >= 0.6 is 11.6 Å². The molecule has 2 rings (SSSR count). The second kappa shape index (κ2) is 6.63. The topological polar surface area (TPSA) is 85.8 Å². The van der Waals surface area contributed by atoms with Gasteiger partial charge in [-0.25, -0.2) is 4.98 Å². The van der Waals surface area contributed by atoms with Crippen molar-refractivity contribution in [1.82, 2.24) is 9.97 Å². The number of nitrogens with zero attached hydrogens (tertiary/aromatic N) is 4. The van der Waals surface area contributed by atoms with Crippen molar-refractivity contribution in [3.05, 3.63) is 52.9 Å². The minimum atomic E-state index is 0.154. The lowest BCUT2D eigenvalue weighted by Gasteiger charge is -2.00. The van der Waals surface area contributed by atoms with Crippen molar-refractivity contribution < 1.29 is 4.74 Å². The largest absolute Gasteiger partial charge is 0.480 e. The van der Waals surface area contributed by atoms with Crippen molar-refractivity contribution in [1.29, 1.82) is 0 Å². The van der Waals surface area contributed by atoms with E-state index in [1.807, 2.05) is 12.1 Å². The maximum absolute atomic E-state index is 5.79. The Hall–Kier alpha value is -2.47. The number of hydrogen-bond acceptors (Lipinski definition) is 5. The smallest absolute Gasteiger partial charge is 0.232 e. The first-order chi connectivity index (χ1) is 9.69. The molecule has 0 saturated carbocycles. The van der Waals surface area contributed by atoms with E-state index in [2.05, 4.69) is 20.2 Å². The quantitative estimate of drug-likeness (QED) is 0.529. The van der Waals surface area contributed by atoms with Crippen LogP contribution in [-0.4, -0.2) is 29.1 Å². The minimum Gasteiger partial charge on any atom is -0.480 e.